The molecule has 7 heteroatoms. The topological polar surface area (TPSA) is 94.9 Å². The van der Waals surface area contributed by atoms with Crippen LogP contribution in [0.3, 0.4) is 0 Å². The lowest BCUT2D eigenvalue weighted by atomic mass is 10.00. The summed E-state index contributed by atoms with van der Waals surface area (Å²) in [6.45, 7) is 0.776. The summed E-state index contributed by atoms with van der Waals surface area (Å²) >= 11 is 0. The van der Waals surface area contributed by atoms with Crippen molar-refractivity contribution in [2.75, 3.05) is 19.7 Å². The van der Waals surface area contributed by atoms with E-state index in [1.165, 1.54) is 28.6 Å². The monoisotopic (exact) mass is 299 g/mol. The third-order valence-corrected chi connectivity index (χ3v) is 5.45. The van der Waals surface area contributed by atoms with Crippen LogP contribution in [0.15, 0.2) is 29.2 Å². The molecule has 0 amide bonds. The number of hydrogen-bond donors (Lipinski definition) is 2. The Labute approximate surface area is 117 Å². The molecule has 110 valence electrons. The van der Waals surface area contributed by atoms with Crippen LogP contribution in [0, 0.1) is 5.92 Å². The number of nitrogens with zero attached hydrogens (tertiary/aromatic N) is 1. The molecule has 1 aromatic rings. The Bertz CT molecular complexity index is 591. The minimum Gasteiger partial charge on any atom is -0.478 e. The Morgan fingerprint density at radius 3 is 2.50 bits per heavy atom. The van der Waals surface area contributed by atoms with E-state index in [4.69, 9.17) is 10.2 Å². The maximum Gasteiger partial charge on any atom is 0.335 e. The highest BCUT2D eigenvalue weighted by atomic mass is 32.2. The van der Waals surface area contributed by atoms with E-state index in [1.54, 1.807) is 0 Å². The van der Waals surface area contributed by atoms with Gasteiger partial charge in [-0.05, 0) is 37.0 Å². The zero-order chi connectivity index (χ0) is 14.8. The highest BCUT2D eigenvalue weighted by molar-refractivity contribution is 7.89. The number of rotatable bonds is 4. The number of benzene rings is 1. The van der Waals surface area contributed by atoms with Gasteiger partial charge in [-0.3, -0.25) is 0 Å². The van der Waals surface area contributed by atoms with Crippen molar-refractivity contribution >= 4 is 16.0 Å². The number of piperidine rings is 1. The fourth-order valence-electron chi connectivity index (χ4n) is 2.27. The van der Waals surface area contributed by atoms with E-state index < -0.39 is 16.0 Å². The molecule has 2 rings (SSSR count). The molecule has 1 aromatic carbocycles. The molecule has 0 atom stereocenters. The van der Waals surface area contributed by atoms with Crippen LogP contribution in [-0.4, -0.2) is 48.6 Å². The van der Waals surface area contributed by atoms with Gasteiger partial charge >= 0.3 is 5.97 Å². The van der Waals surface area contributed by atoms with Crippen molar-refractivity contribution in [2.24, 2.45) is 5.92 Å². The van der Waals surface area contributed by atoms with E-state index in [0.29, 0.717) is 25.9 Å². The summed E-state index contributed by atoms with van der Waals surface area (Å²) in [5, 5.41) is 18.0. The zero-order valence-electron chi connectivity index (χ0n) is 10.9. The van der Waals surface area contributed by atoms with E-state index >= 15 is 0 Å². The minimum absolute atomic E-state index is 0.000140. The van der Waals surface area contributed by atoms with Crippen molar-refractivity contribution < 1.29 is 23.4 Å². The standard InChI is InChI=1S/C13H17NO5S/c15-9-10-4-6-14(7-5-10)20(18,19)12-3-1-2-11(8-12)13(16)17/h1-3,8,10,15H,4-7,9H2,(H,16,17). The summed E-state index contributed by atoms with van der Waals surface area (Å²) in [6.07, 6.45) is 1.24. The second-order valence-electron chi connectivity index (χ2n) is 4.86. The van der Waals surface area contributed by atoms with Gasteiger partial charge in [-0.1, -0.05) is 6.07 Å². The van der Waals surface area contributed by atoms with Gasteiger partial charge in [0.1, 0.15) is 0 Å². The summed E-state index contributed by atoms with van der Waals surface area (Å²) in [7, 11) is -3.66. The smallest absolute Gasteiger partial charge is 0.335 e. The molecule has 0 aliphatic carbocycles. The molecule has 0 aromatic heterocycles. The molecular weight excluding hydrogens is 282 g/mol. The van der Waals surface area contributed by atoms with Crippen LogP contribution in [0.1, 0.15) is 23.2 Å². The number of aromatic carboxylic acids is 1. The van der Waals surface area contributed by atoms with E-state index in [2.05, 4.69) is 0 Å². The lowest BCUT2D eigenvalue weighted by Gasteiger charge is -2.30. The molecule has 1 saturated heterocycles. The summed E-state index contributed by atoms with van der Waals surface area (Å²) in [6, 6.07) is 5.37. The summed E-state index contributed by atoms with van der Waals surface area (Å²) < 4.78 is 26.2. The fourth-order valence-corrected chi connectivity index (χ4v) is 3.79. The Balaban J connectivity index is 2.23. The van der Waals surface area contributed by atoms with Crippen molar-refractivity contribution in [3.8, 4) is 0 Å². The van der Waals surface area contributed by atoms with Gasteiger partial charge in [-0.15, -0.1) is 0 Å². The number of aliphatic hydroxyl groups excluding tert-OH is 1. The molecule has 20 heavy (non-hydrogen) atoms. The maximum absolute atomic E-state index is 12.4. The van der Waals surface area contributed by atoms with Gasteiger partial charge in [0.05, 0.1) is 10.5 Å². The molecule has 0 bridgehead atoms. The molecule has 1 aliphatic heterocycles. The minimum atomic E-state index is -3.66. The third kappa shape index (κ3) is 3.00. The Hall–Kier alpha value is -1.44. The second-order valence-corrected chi connectivity index (χ2v) is 6.80. The van der Waals surface area contributed by atoms with Gasteiger partial charge in [0.25, 0.3) is 0 Å². The van der Waals surface area contributed by atoms with Gasteiger partial charge in [0, 0.05) is 19.7 Å². The fraction of sp³-hybridized carbons (Fsp3) is 0.462. The molecule has 2 N–H and O–H groups in total. The van der Waals surface area contributed by atoms with E-state index in [0.717, 1.165) is 0 Å². The molecule has 1 heterocycles. The molecule has 0 spiro atoms. The van der Waals surface area contributed by atoms with Crippen LogP contribution < -0.4 is 0 Å². The zero-order valence-corrected chi connectivity index (χ0v) is 11.7. The number of sulfonamides is 1. The van der Waals surface area contributed by atoms with E-state index in [9.17, 15) is 13.2 Å². The number of carboxylic acid groups (broad SMARTS) is 1. The maximum atomic E-state index is 12.4. The molecule has 1 fully saturated rings. The van der Waals surface area contributed by atoms with Crippen molar-refractivity contribution in [1.82, 2.24) is 4.31 Å². The van der Waals surface area contributed by atoms with Crippen LogP contribution in [0.5, 0.6) is 0 Å². The molecule has 6 nitrogen and oxygen atoms in total. The Kier molecular flexibility index (Phi) is 4.42. The van der Waals surface area contributed by atoms with Gasteiger partial charge in [0.15, 0.2) is 0 Å². The van der Waals surface area contributed by atoms with Gasteiger partial charge in [0.2, 0.25) is 10.0 Å². The second kappa shape index (κ2) is 5.90. The molecule has 0 unspecified atom stereocenters. The van der Waals surface area contributed by atoms with Crippen LogP contribution >= 0.6 is 0 Å². The molecule has 0 saturated carbocycles. The Morgan fingerprint density at radius 2 is 1.95 bits per heavy atom. The normalized spacial score (nSPS) is 18.1. The Morgan fingerprint density at radius 1 is 1.30 bits per heavy atom. The first-order valence-corrected chi connectivity index (χ1v) is 7.83. The van der Waals surface area contributed by atoms with Crippen LogP contribution in [0.2, 0.25) is 0 Å². The first kappa shape index (κ1) is 15.0. The van der Waals surface area contributed by atoms with Crippen LogP contribution in [0.25, 0.3) is 0 Å². The van der Waals surface area contributed by atoms with Crippen molar-refractivity contribution in [3.05, 3.63) is 29.8 Å². The van der Waals surface area contributed by atoms with Crippen molar-refractivity contribution in [3.63, 3.8) is 0 Å². The lowest BCUT2D eigenvalue weighted by molar-refractivity contribution is 0.0696. The van der Waals surface area contributed by atoms with E-state index in [1.807, 2.05) is 0 Å². The van der Waals surface area contributed by atoms with Crippen LogP contribution in [-0.2, 0) is 10.0 Å². The predicted octanol–water partition coefficient (Wildman–Crippen LogP) is 0.778. The molecule has 1 aliphatic rings. The molecule has 0 radical (unpaired) electrons. The van der Waals surface area contributed by atoms with Gasteiger partial charge in [-0.25, -0.2) is 13.2 Å². The van der Waals surface area contributed by atoms with Crippen LogP contribution in [0.4, 0.5) is 0 Å². The first-order chi connectivity index (χ1) is 9.45. The van der Waals surface area contributed by atoms with Gasteiger partial charge < -0.3 is 10.2 Å². The average molecular weight is 299 g/mol. The van der Waals surface area contributed by atoms with Crippen molar-refractivity contribution in [1.29, 1.82) is 0 Å². The van der Waals surface area contributed by atoms with E-state index in [-0.39, 0.29) is 23.0 Å². The largest absolute Gasteiger partial charge is 0.478 e. The lowest BCUT2D eigenvalue weighted by Crippen LogP contribution is -2.39. The number of carboxylic acids is 1. The summed E-state index contributed by atoms with van der Waals surface area (Å²) in [4.78, 5) is 10.9. The highest BCUT2D eigenvalue weighted by Crippen LogP contribution is 2.24. The van der Waals surface area contributed by atoms with Gasteiger partial charge in [-0.2, -0.15) is 4.31 Å². The highest BCUT2D eigenvalue weighted by Gasteiger charge is 2.29. The quantitative estimate of drug-likeness (QED) is 0.856. The number of aliphatic hydroxyl groups is 1. The SMILES string of the molecule is O=C(O)c1cccc(S(=O)(=O)N2CCC(CO)CC2)c1. The summed E-state index contributed by atoms with van der Waals surface area (Å²) in [5.41, 5.74) is -0.0451. The van der Waals surface area contributed by atoms with Crippen molar-refractivity contribution in [2.45, 2.75) is 17.7 Å². The summed E-state index contributed by atoms with van der Waals surface area (Å²) in [5.74, 6) is -1.01. The predicted molar refractivity (Wildman–Crippen MR) is 72.0 cm³/mol. The third-order valence-electron chi connectivity index (χ3n) is 3.55. The first-order valence-electron chi connectivity index (χ1n) is 6.39. The number of carbonyl (C=O) groups is 1. The number of hydrogen-bond acceptors (Lipinski definition) is 4. The molecular formula is C13H17NO5S. The average Bonchev–Trinajstić information content (AvgIpc) is 2.47.